The summed E-state index contributed by atoms with van der Waals surface area (Å²) < 4.78 is 1.32. The molecule has 0 aliphatic heterocycles. The topological polar surface area (TPSA) is 12.0 Å². The molecule has 0 saturated carbocycles. The van der Waals surface area contributed by atoms with Gasteiger partial charge in [-0.05, 0) is 78.6 Å². The van der Waals surface area contributed by atoms with Crippen molar-refractivity contribution in [2.24, 2.45) is 5.92 Å². The zero-order chi connectivity index (χ0) is 11.8. The van der Waals surface area contributed by atoms with Crippen molar-refractivity contribution in [1.29, 1.82) is 0 Å². The van der Waals surface area contributed by atoms with Gasteiger partial charge in [0.15, 0.2) is 0 Å². The average Bonchev–Trinajstić information content (AvgIpc) is 2.28. The van der Waals surface area contributed by atoms with Crippen molar-refractivity contribution in [3.05, 3.63) is 33.4 Å². The molecule has 0 aliphatic carbocycles. The highest BCUT2D eigenvalue weighted by molar-refractivity contribution is 14.1. The smallest absolute Gasteiger partial charge is 0.0130 e. The normalized spacial score (nSPS) is 12.7. The summed E-state index contributed by atoms with van der Waals surface area (Å²) in [6, 6.07) is 8.88. The fraction of sp³-hybridized carbons (Fsp3) is 0.571. The van der Waals surface area contributed by atoms with Crippen molar-refractivity contribution in [3.8, 4) is 0 Å². The van der Waals surface area contributed by atoms with Gasteiger partial charge in [-0.3, -0.25) is 0 Å². The second-order valence-corrected chi connectivity index (χ2v) is 5.72. The molecule has 16 heavy (non-hydrogen) atoms. The van der Waals surface area contributed by atoms with E-state index in [1.807, 2.05) is 0 Å². The van der Waals surface area contributed by atoms with Crippen LogP contribution in [0.2, 0.25) is 0 Å². The molecule has 0 spiro atoms. The summed E-state index contributed by atoms with van der Waals surface area (Å²) >= 11 is 2.35. The summed E-state index contributed by atoms with van der Waals surface area (Å²) in [4.78, 5) is 0. The Kier molecular flexibility index (Phi) is 7.05. The van der Waals surface area contributed by atoms with E-state index in [0.29, 0.717) is 0 Å². The molecule has 0 heterocycles. The summed E-state index contributed by atoms with van der Waals surface area (Å²) in [5, 5.41) is 3.46. The van der Waals surface area contributed by atoms with Crippen LogP contribution in [0.4, 0.5) is 0 Å². The first kappa shape index (κ1) is 14.0. The number of hydrogen-bond donors (Lipinski definition) is 1. The highest BCUT2D eigenvalue weighted by Gasteiger charge is 2.03. The maximum Gasteiger partial charge on any atom is 0.0130 e. The van der Waals surface area contributed by atoms with E-state index < -0.39 is 0 Å². The molecule has 2 heteroatoms. The maximum absolute atomic E-state index is 3.46. The van der Waals surface area contributed by atoms with E-state index in [9.17, 15) is 0 Å². The molecule has 90 valence electrons. The second-order valence-electron chi connectivity index (χ2n) is 4.47. The number of hydrogen-bond acceptors (Lipinski definition) is 1. The van der Waals surface area contributed by atoms with Gasteiger partial charge in [-0.2, -0.15) is 0 Å². The molecule has 1 atom stereocenters. The van der Waals surface area contributed by atoms with Gasteiger partial charge in [-0.25, -0.2) is 0 Å². The average molecular weight is 331 g/mol. The van der Waals surface area contributed by atoms with E-state index in [1.165, 1.54) is 28.4 Å². The minimum atomic E-state index is 0.768. The molecule has 0 saturated heterocycles. The molecule has 0 fully saturated rings. The van der Waals surface area contributed by atoms with E-state index in [1.54, 1.807) is 0 Å². The Morgan fingerprint density at radius 1 is 1.19 bits per heavy atom. The van der Waals surface area contributed by atoms with Crippen LogP contribution in [0, 0.1) is 9.49 Å². The van der Waals surface area contributed by atoms with Crippen LogP contribution in [0.5, 0.6) is 0 Å². The number of nitrogens with one attached hydrogen (secondary N) is 1. The third-order valence-corrected chi connectivity index (χ3v) is 3.46. The number of rotatable bonds is 7. The van der Waals surface area contributed by atoms with Gasteiger partial charge in [-0.15, -0.1) is 0 Å². The van der Waals surface area contributed by atoms with Crippen LogP contribution < -0.4 is 5.32 Å². The Morgan fingerprint density at radius 3 is 2.50 bits per heavy atom. The lowest BCUT2D eigenvalue weighted by Gasteiger charge is -2.12. The molecular formula is C14H22IN. The van der Waals surface area contributed by atoms with Gasteiger partial charge in [0.2, 0.25) is 0 Å². The van der Waals surface area contributed by atoms with E-state index in [2.05, 4.69) is 66.0 Å². The monoisotopic (exact) mass is 331 g/mol. The van der Waals surface area contributed by atoms with E-state index in [-0.39, 0.29) is 0 Å². The quantitative estimate of drug-likeness (QED) is 0.591. The Labute approximate surface area is 113 Å². The SMILES string of the molecule is CCCNCCC(C)Cc1ccc(I)cc1. The van der Waals surface area contributed by atoms with Crippen LogP contribution in [0.1, 0.15) is 32.3 Å². The van der Waals surface area contributed by atoms with Crippen LogP contribution >= 0.6 is 22.6 Å². The third-order valence-electron chi connectivity index (χ3n) is 2.74. The lowest BCUT2D eigenvalue weighted by molar-refractivity contribution is 0.498. The van der Waals surface area contributed by atoms with Crippen molar-refractivity contribution >= 4 is 22.6 Å². The first-order valence-corrected chi connectivity index (χ1v) is 7.25. The third kappa shape index (κ3) is 5.85. The van der Waals surface area contributed by atoms with Crippen molar-refractivity contribution in [1.82, 2.24) is 5.32 Å². The number of benzene rings is 1. The van der Waals surface area contributed by atoms with Crippen LogP contribution in [0.25, 0.3) is 0 Å². The van der Waals surface area contributed by atoms with E-state index in [0.717, 1.165) is 19.0 Å². The van der Waals surface area contributed by atoms with E-state index >= 15 is 0 Å². The van der Waals surface area contributed by atoms with Crippen LogP contribution in [-0.4, -0.2) is 13.1 Å². The molecule has 1 rings (SSSR count). The van der Waals surface area contributed by atoms with Gasteiger partial charge in [0.05, 0.1) is 0 Å². The molecule has 0 amide bonds. The summed E-state index contributed by atoms with van der Waals surface area (Å²) in [5.41, 5.74) is 1.46. The largest absolute Gasteiger partial charge is 0.317 e. The molecule has 0 radical (unpaired) electrons. The van der Waals surface area contributed by atoms with Gasteiger partial charge in [0.25, 0.3) is 0 Å². The van der Waals surface area contributed by atoms with Gasteiger partial charge >= 0.3 is 0 Å². The predicted octanol–water partition coefficient (Wildman–Crippen LogP) is 3.86. The molecule has 1 unspecified atom stereocenters. The first-order chi connectivity index (χ1) is 7.72. The lowest BCUT2D eigenvalue weighted by Crippen LogP contribution is -2.18. The Hall–Kier alpha value is -0.0900. The zero-order valence-corrected chi connectivity index (χ0v) is 12.5. The second kappa shape index (κ2) is 8.07. The Morgan fingerprint density at radius 2 is 1.88 bits per heavy atom. The van der Waals surface area contributed by atoms with Crippen molar-refractivity contribution in [2.75, 3.05) is 13.1 Å². The summed E-state index contributed by atoms with van der Waals surface area (Å²) in [7, 11) is 0. The fourth-order valence-electron chi connectivity index (χ4n) is 1.78. The molecule has 1 aromatic carbocycles. The molecule has 1 N–H and O–H groups in total. The van der Waals surface area contributed by atoms with Crippen molar-refractivity contribution in [3.63, 3.8) is 0 Å². The number of halogens is 1. The highest BCUT2D eigenvalue weighted by Crippen LogP contribution is 2.13. The Bertz CT molecular complexity index is 281. The zero-order valence-electron chi connectivity index (χ0n) is 10.3. The van der Waals surface area contributed by atoms with Crippen LogP contribution in [0.3, 0.4) is 0 Å². The molecule has 1 nitrogen and oxygen atoms in total. The molecule has 1 aromatic rings. The molecule has 0 aromatic heterocycles. The highest BCUT2D eigenvalue weighted by atomic mass is 127. The van der Waals surface area contributed by atoms with Gasteiger partial charge in [-0.1, -0.05) is 26.0 Å². The van der Waals surface area contributed by atoms with Crippen molar-refractivity contribution < 1.29 is 0 Å². The molecule has 0 aliphatic rings. The van der Waals surface area contributed by atoms with Gasteiger partial charge in [0.1, 0.15) is 0 Å². The first-order valence-electron chi connectivity index (χ1n) is 6.17. The van der Waals surface area contributed by atoms with Gasteiger partial charge < -0.3 is 5.32 Å². The summed E-state index contributed by atoms with van der Waals surface area (Å²) in [5.74, 6) is 0.768. The van der Waals surface area contributed by atoms with Crippen LogP contribution in [0.15, 0.2) is 24.3 Å². The minimum Gasteiger partial charge on any atom is -0.317 e. The summed E-state index contributed by atoms with van der Waals surface area (Å²) in [6.45, 7) is 6.85. The predicted molar refractivity (Wildman–Crippen MR) is 79.8 cm³/mol. The Balaban J connectivity index is 2.23. The van der Waals surface area contributed by atoms with Crippen LogP contribution in [-0.2, 0) is 6.42 Å². The lowest BCUT2D eigenvalue weighted by atomic mass is 9.98. The standard InChI is InChI=1S/C14H22IN/c1-3-9-16-10-8-12(2)11-13-4-6-14(15)7-5-13/h4-7,12,16H,3,8-11H2,1-2H3. The maximum atomic E-state index is 3.46. The fourth-order valence-corrected chi connectivity index (χ4v) is 2.13. The van der Waals surface area contributed by atoms with Crippen molar-refractivity contribution in [2.45, 2.75) is 33.1 Å². The van der Waals surface area contributed by atoms with E-state index in [4.69, 9.17) is 0 Å². The molecule has 0 bridgehead atoms. The minimum absolute atomic E-state index is 0.768. The van der Waals surface area contributed by atoms with Gasteiger partial charge in [0, 0.05) is 3.57 Å². The summed E-state index contributed by atoms with van der Waals surface area (Å²) in [6.07, 6.45) is 3.70. The molecular weight excluding hydrogens is 309 g/mol.